The third-order valence-electron chi connectivity index (χ3n) is 9.16. The summed E-state index contributed by atoms with van der Waals surface area (Å²) >= 11 is 1.71. The van der Waals surface area contributed by atoms with Crippen molar-refractivity contribution in [1.82, 2.24) is 28.7 Å². The Kier molecular flexibility index (Phi) is 12.7. The Hall–Kier alpha value is -2.95. The van der Waals surface area contributed by atoms with E-state index in [1.165, 1.54) is 21.8 Å². The Morgan fingerprint density at radius 2 is 1.58 bits per heavy atom. The molecule has 1 fully saturated rings. The fraction of sp³-hybridized carbons (Fsp3) is 0.444. The number of piperazine rings is 1. The van der Waals surface area contributed by atoms with Gasteiger partial charge in [0.1, 0.15) is 0 Å². The zero-order chi connectivity index (χ0) is 36.1. The maximum atomic E-state index is 12.7. The molecule has 0 amide bonds. The molecule has 11 nitrogen and oxygen atoms in total. The van der Waals surface area contributed by atoms with Crippen molar-refractivity contribution in [1.29, 1.82) is 0 Å². The molecule has 2 aliphatic heterocycles. The summed E-state index contributed by atoms with van der Waals surface area (Å²) in [6.07, 6.45) is 3.98. The predicted molar refractivity (Wildman–Crippen MR) is 206 cm³/mol. The molecule has 6 rings (SSSR count). The van der Waals surface area contributed by atoms with Gasteiger partial charge in [-0.1, -0.05) is 30.0 Å². The largest absolute Gasteiger partial charge is 0.361 e. The van der Waals surface area contributed by atoms with Gasteiger partial charge in [0.15, 0.2) is 0 Å². The van der Waals surface area contributed by atoms with E-state index in [0.29, 0.717) is 4.90 Å². The molecular weight excluding hydrogens is 691 g/mol. The number of para-hydroxylation sites is 1. The molecule has 0 bridgehead atoms. The molecular formula is C36H51N7O4S3. The number of hydrogen-bond acceptors (Lipinski definition) is 9. The van der Waals surface area contributed by atoms with Crippen LogP contribution in [0.4, 0.5) is 11.4 Å². The van der Waals surface area contributed by atoms with Crippen LogP contribution in [0, 0.1) is 0 Å². The van der Waals surface area contributed by atoms with E-state index in [-0.39, 0.29) is 5.75 Å². The van der Waals surface area contributed by atoms with Crippen LogP contribution >= 0.6 is 11.8 Å². The number of nitrogens with zero attached hydrogens (tertiary/aromatic N) is 5. The zero-order valence-electron chi connectivity index (χ0n) is 30.0. The van der Waals surface area contributed by atoms with Crippen LogP contribution in [0.15, 0.2) is 81.5 Å². The average molecular weight is 742 g/mol. The van der Waals surface area contributed by atoms with Crippen LogP contribution in [0.5, 0.6) is 0 Å². The Morgan fingerprint density at radius 3 is 2.28 bits per heavy atom. The van der Waals surface area contributed by atoms with Gasteiger partial charge in [-0.15, -0.1) is 0 Å². The second-order valence-corrected chi connectivity index (χ2v) is 18.5. The fourth-order valence-corrected chi connectivity index (χ4v) is 8.86. The second-order valence-electron chi connectivity index (χ2n) is 13.3. The maximum absolute atomic E-state index is 12.7. The van der Waals surface area contributed by atoms with E-state index in [2.05, 4.69) is 60.6 Å². The van der Waals surface area contributed by atoms with Crippen molar-refractivity contribution in [2.24, 2.45) is 0 Å². The van der Waals surface area contributed by atoms with E-state index in [9.17, 15) is 16.8 Å². The SMILES string of the molecule is CN1CCN(CCCN2c3ccccc3Sc3ccc(S(=O)(=O)N(C)C)cc32)CC1.CNS(=O)(=O)Cc1ccc2[nH]cc(CCN(C)C)c2c1. The molecule has 1 saturated heterocycles. The van der Waals surface area contributed by atoms with Gasteiger partial charge in [-0.2, -0.15) is 0 Å². The number of fused-ring (bicyclic) bond motifs is 3. The summed E-state index contributed by atoms with van der Waals surface area (Å²) < 4.78 is 52.3. The zero-order valence-corrected chi connectivity index (χ0v) is 32.5. The summed E-state index contributed by atoms with van der Waals surface area (Å²) in [7, 11) is 4.15. The van der Waals surface area contributed by atoms with Crippen LogP contribution in [0.1, 0.15) is 17.5 Å². The van der Waals surface area contributed by atoms with Crippen LogP contribution in [0.3, 0.4) is 0 Å². The topological polar surface area (TPSA) is 112 Å². The predicted octanol–water partition coefficient (Wildman–Crippen LogP) is 4.50. The van der Waals surface area contributed by atoms with Crippen molar-refractivity contribution in [3.8, 4) is 0 Å². The Balaban J connectivity index is 0.000000211. The summed E-state index contributed by atoms with van der Waals surface area (Å²) in [6.45, 7) is 7.37. The summed E-state index contributed by atoms with van der Waals surface area (Å²) in [5.41, 5.74) is 5.21. The van der Waals surface area contributed by atoms with Gasteiger partial charge in [0.2, 0.25) is 20.0 Å². The molecule has 0 spiro atoms. The normalized spacial score (nSPS) is 15.6. The monoisotopic (exact) mass is 741 g/mol. The molecule has 0 unspecified atom stereocenters. The quantitative estimate of drug-likeness (QED) is 0.217. The number of hydrogen-bond donors (Lipinski definition) is 2. The number of nitrogens with one attached hydrogen (secondary N) is 2. The first-order chi connectivity index (χ1) is 23.8. The minimum atomic E-state index is -3.47. The second kappa shape index (κ2) is 16.6. The van der Waals surface area contributed by atoms with Crippen LogP contribution in [0.2, 0.25) is 0 Å². The molecule has 272 valence electrons. The maximum Gasteiger partial charge on any atom is 0.242 e. The lowest BCUT2D eigenvalue weighted by molar-refractivity contribution is 0.153. The summed E-state index contributed by atoms with van der Waals surface area (Å²) in [5, 5.41) is 1.11. The molecule has 14 heteroatoms. The molecule has 2 N–H and O–H groups in total. The highest BCUT2D eigenvalue weighted by atomic mass is 32.2. The van der Waals surface area contributed by atoms with Gasteiger partial charge in [-0.05, 0) is 101 Å². The van der Waals surface area contributed by atoms with Gasteiger partial charge >= 0.3 is 0 Å². The number of sulfonamides is 2. The van der Waals surface area contributed by atoms with E-state index in [1.54, 1.807) is 31.9 Å². The first kappa shape index (κ1) is 38.3. The number of rotatable bonds is 12. The van der Waals surface area contributed by atoms with Crippen molar-refractivity contribution in [2.75, 3.05) is 93.0 Å². The number of likely N-dealkylation sites (N-methyl/N-ethyl adjacent to an activating group) is 2. The molecule has 3 heterocycles. The summed E-state index contributed by atoms with van der Waals surface area (Å²) in [4.78, 5) is 15.2. The van der Waals surface area contributed by atoms with Gasteiger partial charge in [0.25, 0.3) is 0 Å². The van der Waals surface area contributed by atoms with Crippen LogP contribution in [0.25, 0.3) is 10.9 Å². The highest BCUT2D eigenvalue weighted by Gasteiger charge is 2.27. The van der Waals surface area contributed by atoms with E-state index in [1.807, 2.05) is 50.6 Å². The molecule has 3 aromatic carbocycles. The summed E-state index contributed by atoms with van der Waals surface area (Å²) in [6, 6.07) is 19.6. The molecule has 2 aliphatic rings. The summed E-state index contributed by atoms with van der Waals surface area (Å²) in [5.74, 6) is 0.0116. The lowest BCUT2D eigenvalue weighted by atomic mass is 10.1. The van der Waals surface area contributed by atoms with Crippen LogP contribution in [-0.4, -0.2) is 129 Å². The van der Waals surface area contributed by atoms with E-state index >= 15 is 0 Å². The minimum absolute atomic E-state index is 0.0116. The third-order valence-corrected chi connectivity index (χ3v) is 13.4. The van der Waals surface area contributed by atoms with Crippen molar-refractivity contribution in [3.63, 3.8) is 0 Å². The molecule has 0 saturated carbocycles. The molecule has 4 aromatic rings. The van der Waals surface area contributed by atoms with Crippen molar-refractivity contribution >= 4 is 54.1 Å². The molecule has 0 radical (unpaired) electrons. The van der Waals surface area contributed by atoms with Crippen molar-refractivity contribution in [2.45, 2.75) is 33.3 Å². The van der Waals surface area contributed by atoms with E-state index < -0.39 is 20.0 Å². The Morgan fingerprint density at radius 1 is 0.860 bits per heavy atom. The van der Waals surface area contributed by atoms with Gasteiger partial charge in [0, 0.05) is 80.3 Å². The van der Waals surface area contributed by atoms with Gasteiger partial charge in [-0.3, -0.25) is 0 Å². The standard InChI is InChI=1S/C22H30N4O2S2.C14H21N3O2S/c1-23(2)30(27,28)18-9-10-22-20(17-18)26(19-7-4-5-8-21(19)29-22)12-6-11-25-15-13-24(3)14-16-25;1-15-20(18,19)10-11-4-5-14-13(8-11)12(9-16-14)6-7-17(2)3/h4-5,7-10,17H,6,11-16H2,1-3H3;4-5,8-9,15-16H,6-7,10H2,1-3H3. The number of benzene rings is 3. The smallest absolute Gasteiger partial charge is 0.242 e. The van der Waals surface area contributed by atoms with Gasteiger partial charge in [0.05, 0.1) is 22.0 Å². The van der Waals surface area contributed by atoms with Gasteiger partial charge in [-0.25, -0.2) is 25.9 Å². The fourth-order valence-electron chi connectivity index (χ4n) is 6.10. The number of H-pyrrole nitrogens is 1. The Labute approximate surface area is 302 Å². The Bertz CT molecular complexity index is 1970. The number of anilines is 2. The molecule has 0 aliphatic carbocycles. The van der Waals surface area contributed by atoms with Crippen molar-refractivity contribution in [3.05, 3.63) is 78.0 Å². The van der Waals surface area contributed by atoms with Crippen molar-refractivity contribution < 1.29 is 16.8 Å². The van der Waals surface area contributed by atoms with Gasteiger partial charge < -0.3 is 24.6 Å². The third kappa shape index (κ3) is 9.48. The lowest BCUT2D eigenvalue weighted by Crippen LogP contribution is -2.45. The first-order valence-electron chi connectivity index (χ1n) is 16.9. The highest BCUT2D eigenvalue weighted by Crippen LogP contribution is 2.48. The highest BCUT2D eigenvalue weighted by molar-refractivity contribution is 7.99. The minimum Gasteiger partial charge on any atom is -0.361 e. The first-order valence-corrected chi connectivity index (χ1v) is 20.8. The number of aromatic nitrogens is 1. The molecule has 0 atom stereocenters. The number of aromatic amines is 1. The van der Waals surface area contributed by atoms with E-state index in [0.717, 1.165) is 91.4 Å². The average Bonchev–Trinajstić information content (AvgIpc) is 3.49. The van der Waals surface area contributed by atoms with Crippen LogP contribution < -0.4 is 9.62 Å². The molecule has 50 heavy (non-hydrogen) atoms. The van der Waals surface area contributed by atoms with E-state index in [4.69, 9.17) is 0 Å². The molecule has 1 aromatic heterocycles. The lowest BCUT2D eigenvalue weighted by Gasteiger charge is -2.35. The van der Waals surface area contributed by atoms with Crippen LogP contribution in [-0.2, 0) is 32.2 Å².